The zero-order valence-corrected chi connectivity index (χ0v) is 19.7. The van der Waals surface area contributed by atoms with Crippen LogP contribution in [0, 0.1) is 6.92 Å². The summed E-state index contributed by atoms with van der Waals surface area (Å²) >= 11 is 0. The van der Waals surface area contributed by atoms with Gasteiger partial charge in [0.15, 0.2) is 5.65 Å². The third-order valence-corrected chi connectivity index (χ3v) is 6.46. The fourth-order valence-electron chi connectivity index (χ4n) is 4.65. The van der Waals surface area contributed by atoms with Gasteiger partial charge in [0.25, 0.3) is 0 Å². The van der Waals surface area contributed by atoms with Crippen LogP contribution < -0.4 is 4.74 Å². The van der Waals surface area contributed by atoms with Gasteiger partial charge in [0.05, 0.1) is 12.7 Å². The highest BCUT2D eigenvalue weighted by molar-refractivity contribution is 5.46. The first-order chi connectivity index (χ1) is 16.8. The lowest BCUT2D eigenvalue weighted by molar-refractivity contribution is -0.0273. The maximum atomic E-state index is 6.67. The summed E-state index contributed by atoms with van der Waals surface area (Å²) in [6.45, 7) is 5.83. The van der Waals surface area contributed by atoms with Gasteiger partial charge in [-0.3, -0.25) is 0 Å². The van der Waals surface area contributed by atoms with Crippen LogP contribution in [0.1, 0.15) is 42.1 Å². The normalized spacial score (nSPS) is 15.2. The summed E-state index contributed by atoms with van der Waals surface area (Å²) in [6.07, 6.45) is 6.94. The maximum absolute atomic E-state index is 6.67. The largest absolute Gasteiger partial charge is 0.477 e. The Morgan fingerprint density at radius 3 is 2.32 bits per heavy atom. The molecule has 0 aliphatic carbocycles. The van der Waals surface area contributed by atoms with Gasteiger partial charge in [-0.25, -0.2) is 9.50 Å². The second-order valence-corrected chi connectivity index (χ2v) is 8.94. The molecule has 0 radical (unpaired) electrons. The fraction of sp³-hybridized carbons (Fsp3) is 0.357. The Bertz CT molecular complexity index is 1130. The van der Waals surface area contributed by atoms with Crippen molar-refractivity contribution in [3.8, 4) is 5.88 Å². The minimum Gasteiger partial charge on any atom is -0.477 e. The zero-order chi connectivity index (χ0) is 23.2. The van der Waals surface area contributed by atoms with Crippen LogP contribution in [-0.4, -0.2) is 51.8 Å². The van der Waals surface area contributed by atoms with Gasteiger partial charge in [-0.2, -0.15) is 0 Å². The molecular formula is C28H32N4O2. The number of imidazole rings is 1. The maximum Gasteiger partial charge on any atom is 0.232 e. The van der Waals surface area contributed by atoms with Gasteiger partial charge in [-0.05, 0) is 42.9 Å². The van der Waals surface area contributed by atoms with Crippen LogP contribution in [0.4, 0.5) is 0 Å². The van der Waals surface area contributed by atoms with Gasteiger partial charge in [-0.1, -0.05) is 60.7 Å². The van der Waals surface area contributed by atoms with E-state index in [0.29, 0.717) is 12.5 Å². The van der Waals surface area contributed by atoms with E-state index in [0.717, 1.165) is 50.1 Å². The number of aryl methyl sites for hydroxylation is 1. The minimum absolute atomic E-state index is 0.0175. The third-order valence-electron chi connectivity index (χ3n) is 6.46. The molecule has 1 fully saturated rings. The van der Waals surface area contributed by atoms with Crippen molar-refractivity contribution in [1.29, 1.82) is 0 Å². The van der Waals surface area contributed by atoms with E-state index >= 15 is 0 Å². The Labute approximate surface area is 201 Å². The molecule has 0 bridgehead atoms. The summed E-state index contributed by atoms with van der Waals surface area (Å²) in [6, 6.07) is 23.1. The van der Waals surface area contributed by atoms with Crippen LogP contribution in [0.2, 0.25) is 0 Å². The molecule has 0 unspecified atom stereocenters. The van der Waals surface area contributed by atoms with E-state index < -0.39 is 0 Å². The number of piperidine rings is 1. The van der Waals surface area contributed by atoms with Gasteiger partial charge in [0, 0.05) is 38.1 Å². The number of hydrogen-bond donors (Lipinski definition) is 0. The molecule has 0 amide bonds. The summed E-state index contributed by atoms with van der Waals surface area (Å²) in [5.41, 5.74) is 4.37. The predicted molar refractivity (Wildman–Crippen MR) is 133 cm³/mol. The SMILES string of the molecule is Cc1cc(OCCCN2CCC(OC(c3ccccc3)c3ccccc3)CC2)nn2ccnc12. The molecule has 4 aromatic rings. The molecule has 34 heavy (non-hydrogen) atoms. The summed E-state index contributed by atoms with van der Waals surface area (Å²) in [7, 11) is 0. The number of rotatable bonds is 9. The highest BCUT2D eigenvalue weighted by Gasteiger charge is 2.24. The molecule has 5 rings (SSSR count). The van der Waals surface area contributed by atoms with Gasteiger partial charge in [0.2, 0.25) is 5.88 Å². The molecule has 1 saturated heterocycles. The highest BCUT2D eigenvalue weighted by Crippen LogP contribution is 2.30. The Morgan fingerprint density at radius 2 is 1.65 bits per heavy atom. The van der Waals surface area contributed by atoms with Crippen LogP contribution in [0.15, 0.2) is 79.1 Å². The number of ether oxygens (including phenoxy) is 2. The first kappa shape index (κ1) is 22.6. The smallest absolute Gasteiger partial charge is 0.232 e. The van der Waals surface area contributed by atoms with Crippen molar-refractivity contribution in [3.63, 3.8) is 0 Å². The lowest BCUT2D eigenvalue weighted by Crippen LogP contribution is -2.38. The average molecular weight is 457 g/mol. The number of aromatic nitrogens is 3. The molecule has 2 aromatic heterocycles. The molecule has 0 spiro atoms. The quantitative estimate of drug-likeness (QED) is 0.329. The lowest BCUT2D eigenvalue weighted by atomic mass is 10.00. The van der Waals surface area contributed by atoms with Gasteiger partial charge in [0.1, 0.15) is 6.10 Å². The monoisotopic (exact) mass is 456 g/mol. The summed E-state index contributed by atoms with van der Waals surface area (Å²) in [4.78, 5) is 6.82. The van der Waals surface area contributed by atoms with E-state index in [2.05, 4.69) is 75.6 Å². The van der Waals surface area contributed by atoms with E-state index in [1.165, 1.54) is 11.1 Å². The molecule has 0 N–H and O–H groups in total. The Balaban J connectivity index is 1.09. The van der Waals surface area contributed by atoms with Crippen molar-refractivity contribution in [1.82, 2.24) is 19.5 Å². The molecule has 0 atom stereocenters. The third kappa shape index (κ3) is 5.46. The van der Waals surface area contributed by atoms with Crippen LogP contribution in [-0.2, 0) is 4.74 Å². The van der Waals surface area contributed by atoms with Crippen molar-refractivity contribution in [2.24, 2.45) is 0 Å². The van der Waals surface area contributed by atoms with Crippen LogP contribution in [0.3, 0.4) is 0 Å². The number of nitrogens with zero attached hydrogens (tertiary/aromatic N) is 4. The predicted octanol–water partition coefficient (Wildman–Crippen LogP) is 5.08. The van der Waals surface area contributed by atoms with Crippen molar-refractivity contribution >= 4 is 5.65 Å². The van der Waals surface area contributed by atoms with Gasteiger partial charge in [-0.15, -0.1) is 5.10 Å². The Kier molecular flexibility index (Phi) is 7.17. The van der Waals surface area contributed by atoms with Crippen molar-refractivity contribution in [2.45, 2.75) is 38.4 Å². The number of likely N-dealkylation sites (tertiary alicyclic amines) is 1. The topological polar surface area (TPSA) is 51.9 Å². The molecule has 6 heteroatoms. The van der Waals surface area contributed by atoms with E-state index in [1.807, 2.05) is 19.2 Å². The van der Waals surface area contributed by atoms with Gasteiger partial charge >= 0.3 is 0 Å². The molecule has 176 valence electrons. The van der Waals surface area contributed by atoms with Crippen LogP contribution in [0.5, 0.6) is 5.88 Å². The van der Waals surface area contributed by atoms with E-state index in [-0.39, 0.29) is 12.2 Å². The second kappa shape index (κ2) is 10.8. The summed E-state index contributed by atoms with van der Waals surface area (Å²) in [5.74, 6) is 0.656. The second-order valence-electron chi connectivity index (χ2n) is 8.94. The standard InChI is InChI=1S/C28H32N4O2/c1-22-21-26(30-32-19-15-29-28(22)32)33-20-8-16-31-17-13-25(14-18-31)34-27(23-9-4-2-5-10-23)24-11-6-3-7-12-24/h2-7,9-12,15,19,21,25,27H,8,13-14,16-18,20H2,1H3. The Morgan fingerprint density at radius 1 is 0.971 bits per heavy atom. The summed E-state index contributed by atoms with van der Waals surface area (Å²) < 4.78 is 14.4. The Hall–Kier alpha value is -3.22. The van der Waals surface area contributed by atoms with E-state index in [9.17, 15) is 0 Å². The number of hydrogen-bond acceptors (Lipinski definition) is 5. The van der Waals surface area contributed by atoms with E-state index in [1.54, 1.807) is 10.7 Å². The molecule has 1 aliphatic heterocycles. The number of fused-ring (bicyclic) bond motifs is 1. The summed E-state index contributed by atoms with van der Waals surface area (Å²) in [5, 5.41) is 4.47. The molecule has 0 saturated carbocycles. The average Bonchev–Trinajstić information content (AvgIpc) is 3.36. The molecule has 1 aliphatic rings. The first-order valence-corrected chi connectivity index (χ1v) is 12.2. The lowest BCUT2D eigenvalue weighted by Gasteiger charge is -2.34. The van der Waals surface area contributed by atoms with E-state index in [4.69, 9.17) is 9.47 Å². The van der Waals surface area contributed by atoms with Crippen molar-refractivity contribution in [3.05, 3.63) is 95.8 Å². The minimum atomic E-state index is -0.0175. The van der Waals surface area contributed by atoms with Crippen molar-refractivity contribution < 1.29 is 9.47 Å². The van der Waals surface area contributed by atoms with Gasteiger partial charge < -0.3 is 14.4 Å². The molecular weight excluding hydrogens is 424 g/mol. The fourth-order valence-corrected chi connectivity index (χ4v) is 4.65. The molecule has 2 aromatic carbocycles. The van der Waals surface area contributed by atoms with Crippen LogP contribution >= 0.6 is 0 Å². The van der Waals surface area contributed by atoms with Crippen LogP contribution in [0.25, 0.3) is 5.65 Å². The molecule has 6 nitrogen and oxygen atoms in total. The first-order valence-electron chi connectivity index (χ1n) is 12.2. The number of benzene rings is 2. The van der Waals surface area contributed by atoms with Crippen molar-refractivity contribution in [2.75, 3.05) is 26.2 Å². The molecule has 3 heterocycles. The zero-order valence-electron chi connectivity index (χ0n) is 19.7. The highest BCUT2D eigenvalue weighted by atomic mass is 16.5.